The lowest BCUT2D eigenvalue weighted by molar-refractivity contribution is 0.257. The van der Waals surface area contributed by atoms with Crippen molar-refractivity contribution in [2.45, 2.75) is 20.3 Å². The maximum atomic E-state index is 13.1. The summed E-state index contributed by atoms with van der Waals surface area (Å²) in [5.74, 6) is 0.678. The summed E-state index contributed by atoms with van der Waals surface area (Å²) in [5.41, 5.74) is 4.38. The lowest BCUT2D eigenvalue weighted by Crippen LogP contribution is -2.36. The van der Waals surface area contributed by atoms with Crippen molar-refractivity contribution in [2.24, 2.45) is 0 Å². The van der Waals surface area contributed by atoms with Crippen molar-refractivity contribution in [3.05, 3.63) is 60.7 Å². The standard InChI is InChI=1S/C22H24N6O/c1-3-27-12-5-13-28(22(29)25-18-6-4-10-23-15-18)21-20(27)8-7-19(26-21)17-9-11-24-16(2)14-17/h4,6-11,14-15H,3,5,12-13H2,1-2H3,(H,25,29). The van der Waals surface area contributed by atoms with Gasteiger partial charge in [0.05, 0.1) is 23.3 Å². The number of hydrogen-bond donors (Lipinski definition) is 1. The second-order valence-corrected chi connectivity index (χ2v) is 6.98. The molecule has 29 heavy (non-hydrogen) atoms. The maximum Gasteiger partial charge on any atom is 0.327 e. The third kappa shape index (κ3) is 4.03. The Bertz CT molecular complexity index is 1010. The van der Waals surface area contributed by atoms with Gasteiger partial charge in [-0.1, -0.05) is 0 Å². The molecule has 148 valence electrons. The minimum absolute atomic E-state index is 0.201. The van der Waals surface area contributed by atoms with Crippen LogP contribution in [0.15, 0.2) is 55.0 Å². The normalized spacial score (nSPS) is 13.6. The van der Waals surface area contributed by atoms with Crippen LogP contribution in [0, 0.1) is 6.92 Å². The highest BCUT2D eigenvalue weighted by atomic mass is 16.2. The van der Waals surface area contributed by atoms with Crippen molar-refractivity contribution in [1.82, 2.24) is 15.0 Å². The third-order valence-corrected chi connectivity index (χ3v) is 4.99. The number of nitrogens with one attached hydrogen (secondary N) is 1. The topological polar surface area (TPSA) is 74.2 Å². The number of pyridine rings is 3. The molecule has 7 nitrogen and oxygen atoms in total. The van der Waals surface area contributed by atoms with Crippen LogP contribution >= 0.6 is 0 Å². The van der Waals surface area contributed by atoms with Gasteiger partial charge in [0.15, 0.2) is 5.82 Å². The molecule has 1 N–H and O–H groups in total. The maximum absolute atomic E-state index is 13.1. The number of nitrogens with zero attached hydrogens (tertiary/aromatic N) is 5. The van der Waals surface area contributed by atoms with E-state index >= 15 is 0 Å². The molecule has 4 heterocycles. The SMILES string of the molecule is CCN1CCCN(C(=O)Nc2cccnc2)c2nc(-c3ccnc(C)c3)ccc21. The first-order valence-corrected chi connectivity index (χ1v) is 9.83. The molecule has 0 radical (unpaired) electrons. The number of anilines is 3. The zero-order valence-electron chi connectivity index (χ0n) is 16.7. The summed E-state index contributed by atoms with van der Waals surface area (Å²) in [6, 6.07) is 11.4. The molecular formula is C22H24N6O. The minimum Gasteiger partial charge on any atom is -0.369 e. The van der Waals surface area contributed by atoms with E-state index in [-0.39, 0.29) is 6.03 Å². The molecule has 0 fully saturated rings. The van der Waals surface area contributed by atoms with Crippen molar-refractivity contribution in [3.8, 4) is 11.3 Å². The molecule has 4 rings (SSSR count). The van der Waals surface area contributed by atoms with Crippen molar-refractivity contribution in [1.29, 1.82) is 0 Å². The van der Waals surface area contributed by atoms with Crippen LogP contribution in [0.2, 0.25) is 0 Å². The van der Waals surface area contributed by atoms with Gasteiger partial charge in [-0.2, -0.15) is 0 Å². The van der Waals surface area contributed by atoms with Crippen LogP contribution in [-0.4, -0.2) is 40.6 Å². The Labute approximate surface area is 170 Å². The summed E-state index contributed by atoms with van der Waals surface area (Å²) in [6.07, 6.45) is 5.97. The fraction of sp³-hybridized carbons (Fsp3) is 0.273. The van der Waals surface area contributed by atoms with Gasteiger partial charge >= 0.3 is 6.03 Å². The van der Waals surface area contributed by atoms with Crippen LogP contribution in [0.3, 0.4) is 0 Å². The van der Waals surface area contributed by atoms with Gasteiger partial charge in [-0.15, -0.1) is 0 Å². The number of hydrogen-bond acceptors (Lipinski definition) is 5. The highest BCUT2D eigenvalue weighted by molar-refractivity contribution is 6.03. The molecular weight excluding hydrogens is 364 g/mol. The van der Waals surface area contributed by atoms with Crippen LogP contribution in [0.1, 0.15) is 19.0 Å². The van der Waals surface area contributed by atoms with Gasteiger partial charge in [0, 0.05) is 43.3 Å². The van der Waals surface area contributed by atoms with Crippen LogP contribution in [0.25, 0.3) is 11.3 Å². The smallest absolute Gasteiger partial charge is 0.327 e. The number of amides is 2. The number of carbonyl (C=O) groups is 1. The fourth-order valence-electron chi connectivity index (χ4n) is 3.55. The largest absolute Gasteiger partial charge is 0.369 e. The van der Waals surface area contributed by atoms with E-state index in [0.717, 1.165) is 42.1 Å². The van der Waals surface area contributed by atoms with Crippen LogP contribution < -0.4 is 15.1 Å². The van der Waals surface area contributed by atoms with Crippen molar-refractivity contribution in [3.63, 3.8) is 0 Å². The summed E-state index contributed by atoms with van der Waals surface area (Å²) in [4.78, 5) is 30.3. The summed E-state index contributed by atoms with van der Waals surface area (Å²) < 4.78 is 0. The molecule has 0 unspecified atom stereocenters. The van der Waals surface area contributed by atoms with Gasteiger partial charge in [0.25, 0.3) is 0 Å². The number of urea groups is 1. The third-order valence-electron chi connectivity index (χ3n) is 4.99. The summed E-state index contributed by atoms with van der Waals surface area (Å²) in [7, 11) is 0. The molecule has 0 spiro atoms. The molecule has 0 atom stereocenters. The number of carbonyl (C=O) groups excluding carboxylic acids is 1. The summed E-state index contributed by atoms with van der Waals surface area (Å²) >= 11 is 0. The number of rotatable bonds is 3. The van der Waals surface area contributed by atoms with E-state index in [1.165, 1.54) is 0 Å². The minimum atomic E-state index is -0.201. The summed E-state index contributed by atoms with van der Waals surface area (Å²) in [6.45, 7) is 6.42. The van der Waals surface area contributed by atoms with Crippen LogP contribution in [0.4, 0.5) is 22.0 Å². The highest BCUT2D eigenvalue weighted by Gasteiger charge is 2.26. The van der Waals surface area contributed by atoms with E-state index in [4.69, 9.17) is 4.98 Å². The molecule has 1 aliphatic rings. The van der Waals surface area contributed by atoms with Gasteiger partial charge in [0.1, 0.15) is 0 Å². The van der Waals surface area contributed by atoms with Gasteiger partial charge in [-0.05, 0) is 56.7 Å². The van der Waals surface area contributed by atoms with Gasteiger partial charge < -0.3 is 10.2 Å². The predicted octanol–water partition coefficient (Wildman–Crippen LogP) is 4.12. The van der Waals surface area contributed by atoms with Gasteiger partial charge in [0.2, 0.25) is 0 Å². The zero-order chi connectivity index (χ0) is 20.2. The molecule has 7 heteroatoms. The molecule has 0 saturated heterocycles. The second kappa shape index (κ2) is 8.26. The van der Waals surface area contributed by atoms with Gasteiger partial charge in [-0.25, -0.2) is 9.78 Å². The van der Waals surface area contributed by atoms with Crippen LogP contribution in [0.5, 0.6) is 0 Å². The van der Waals surface area contributed by atoms with Crippen molar-refractivity contribution < 1.29 is 4.79 Å². The van der Waals surface area contributed by atoms with E-state index in [1.807, 2.05) is 31.2 Å². The molecule has 0 saturated carbocycles. The lowest BCUT2D eigenvalue weighted by Gasteiger charge is -2.25. The molecule has 3 aromatic rings. The van der Waals surface area contributed by atoms with Crippen molar-refractivity contribution >= 4 is 23.2 Å². The van der Waals surface area contributed by atoms with Crippen LogP contribution in [-0.2, 0) is 0 Å². The Morgan fingerprint density at radius 2 is 2.07 bits per heavy atom. The Kier molecular flexibility index (Phi) is 5.37. The zero-order valence-corrected chi connectivity index (χ0v) is 16.7. The second-order valence-electron chi connectivity index (χ2n) is 6.98. The Balaban J connectivity index is 1.74. The highest BCUT2D eigenvalue weighted by Crippen LogP contribution is 2.33. The molecule has 0 bridgehead atoms. The summed E-state index contributed by atoms with van der Waals surface area (Å²) in [5, 5.41) is 2.94. The Morgan fingerprint density at radius 3 is 2.83 bits per heavy atom. The quantitative estimate of drug-likeness (QED) is 0.731. The van der Waals surface area contributed by atoms with E-state index in [1.54, 1.807) is 29.6 Å². The number of aromatic nitrogens is 3. The van der Waals surface area contributed by atoms with Crippen molar-refractivity contribution in [2.75, 3.05) is 34.8 Å². The Hall–Kier alpha value is -3.48. The fourth-order valence-corrected chi connectivity index (χ4v) is 3.55. The molecule has 2 amide bonds. The molecule has 0 aliphatic carbocycles. The monoisotopic (exact) mass is 388 g/mol. The number of fused-ring (bicyclic) bond motifs is 1. The van der Waals surface area contributed by atoms with E-state index < -0.39 is 0 Å². The Morgan fingerprint density at radius 1 is 1.17 bits per heavy atom. The first-order chi connectivity index (χ1) is 14.2. The molecule has 1 aliphatic heterocycles. The van der Waals surface area contributed by atoms with E-state index in [0.29, 0.717) is 18.1 Å². The number of aryl methyl sites for hydroxylation is 1. The first-order valence-electron chi connectivity index (χ1n) is 9.83. The van der Waals surface area contributed by atoms with E-state index in [2.05, 4.69) is 33.2 Å². The van der Waals surface area contributed by atoms with Gasteiger partial charge in [-0.3, -0.25) is 14.9 Å². The van der Waals surface area contributed by atoms with E-state index in [9.17, 15) is 4.79 Å². The average Bonchev–Trinajstić information content (AvgIpc) is 2.93. The average molecular weight is 388 g/mol. The first kappa shape index (κ1) is 18.9. The lowest BCUT2D eigenvalue weighted by atomic mass is 10.1. The molecule has 3 aromatic heterocycles. The molecule has 0 aromatic carbocycles. The predicted molar refractivity (Wildman–Crippen MR) is 115 cm³/mol.